The Morgan fingerprint density at radius 2 is 2.12 bits per heavy atom. The van der Waals surface area contributed by atoms with Gasteiger partial charge in [0.1, 0.15) is 23.6 Å². The molecular weight excluding hydrogens is 330 g/mol. The molecule has 8 nitrogen and oxygen atoms in total. The van der Waals surface area contributed by atoms with Crippen molar-refractivity contribution >= 4 is 23.2 Å². The zero-order chi connectivity index (χ0) is 18.1. The van der Waals surface area contributed by atoms with Gasteiger partial charge in [-0.2, -0.15) is 0 Å². The number of hydrogen-bond acceptors (Lipinski definition) is 6. The number of likely N-dealkylation sites (N-methyl/N-ethyl adjacent to an activating group) is 1. The Kier molecular flexibility index (Phi) is 4.16. The van der Waals surface area contributed by atoms with Gasteiger partial charge in [0, 0.05) is 38.1 Å². The zero-order valence-electron chi connectivity index (χ0n) is 14.9. The molecule has 1 aliphatic heterocycles. The van der Waals surface area contributed by atoms with Gasteiger partial charge in [-0.05, 0) is 19.1 Å². The van der Waals surface area contributed by atoms with Crippen molar-refractivity contribution in [1.82, 2.24) is 24.3 Å². The molecule has 4 rings (SSSR count). The highest BCUT2D eigenvalue weighted by molar-refractivity contribution is 5.82. The van der Waals surface area contributed by atoms with Crippen LogP contribution in [0.15, 0.2) is 36.8 Å². The largest absolute Gasteiger partial charge is 0.364 e. The molecule has 0 unspecified atom stereocenters. The molecule has 4 heterocycles. The molecule has 0 aliphatic carbocycles. The normalized spacial score (nSPS) is 14.9. The van der Waals surface area contributed by atoms with Crippen molar-refractivity contribution in [1.29, 1.82) is 0 Å². The highest BCUT2D eigenvalue weighted by Gasteiger charge is 2.22. The van der Waals surface area contributed by atoms with Crippen molar-refractivity contribution in [2.75, 3.05) is 36.9 Å². The lowest BCUT2D eigenvalue weighted by molar-refractivity contribution is -0.129. The van der Waals surface area contributed by atoms with Crippen molar-refractivity contribution in [3.8, 4) is 0 Å². The molecule has 0 radical (unpaired) electrons. The van der Waals surface area contributed by atoms with Crippen molar-refractivity contribution in [2.24, 2.45) is 0 Å². The third-order valence-electron chi connectivity index (χ3n) is 4.63. The second-order valence-electron chi connectivity index (χ2n) is 6.48. The van der Waals surface area contributed by atoms with Gasteiger partial charge in [-0.25, -0.2) is 15.0 Å². The fourth-order valence-corrected chi connectivity index (χ4v) is 3.04. The van der Waals surface area contributed by atoms with Crippen LogP contribution < -0.4 is 10.2 Å². The van der Waals surface area contributed by atoms with Gasteiger partial charge in [0.05, 0.1) is 18.8 Å². The Labute approximate surface area is 151 Å². The van der Waals surface area contributed by atoms with Crippen LogP contribution in [0, 0.1) is 6.92 Å². The van der Waals surface area contributed by atoms with Gasteiger partial charge in [-0.3, -0.25) is 4.79 Å². The summed E-state index contributed by atoms with van der Waals surface area (Å²) in [6, 6.07) is 7.92. The minimum absolute atomic E-state index is 0.101. The maximum absolute atomic E-state index is 11.9. The summed E-state index contributed by atoms with van der Waals surface area (Å²) in [5, 5.41) is 3.29. The summed E-state index contributed by atoms with van der Waals surface area (Å²) in [6.07, 6.45) is 3.55. The maximum Gasteiger partial charge on any atom is 0.241 e. The van der Waals surface area contributed by atoms with Gasteiger partial charge in [0.15, 0.2) is 0 Å². The predicted molar refractivity (Wildman–Crippen MR) is 99.1 cm³/mol. The smallest absolute Gasteiger partial charge is 0.241 e. The van der Waals surface area contributed by atoms with Gasteiger partial charge in [0.25, 0.3) is 0 Å². The number of nitrogens with one attached hydrogen (secondary N) is 1. The summed E-state index contributed by atoms with van der Waals surface area (Å²) in [5.74, 6) is 1.58. The molecule has 0 bridgehead atoms. The lowest BCUT2D eigenvalue weighted by Crippen LogP contribution is -2.48. The number of hydrogen-bond donors (Lipinski definition) is 1. The number of aryl methyl sites for hydroxylation is 1. The molecule has 0 saturated carbocycles. The summed E-state index contributed by atoms with van der Waals surface area (Å²) in [6.45, 7) is 4.44. The molecule has 3 aromatic rings. The number of rotatable bonds is 4. The second-order valence-corrected chi connectivity index (χ2v) is 6.48. The molecule has 1 fully saturated rings. The van der Waals surface area contributed by atoms with Crippen LogP contribution in [0.4, 0.5) is 11.6 Å². The number of pyridine rings is 1. The number of piperazine rings is 1. The van der Waals surface area contributed by atoms with Gasteiger partial charge in [0.2, 0.25) is 5.91 Å². The molecule has 1 saturated heterocycles. The van der Waals surface area contributed by atoms with Crippen LogP contribution in [-0.2, 0) is 11.3 Å². The highest BCUT2D eigenvalue weighted by atomic mass is 16.2. The van der Waals surface area contributed by atoms with E-state index in [2.05, 4.69) is 37.7 Å². The third kappa shape index (κ3) is 3.17. The van der Waals surface area contributed by atoms with Crippen LogP contribution in [-0.4, -0.2) is 56.8 Å². The van der Waals surface area contributed by atoms with Crippen molar-refractivity contribution in [2.45, 2.75) is 13.5 Å². The van der Waals surface area contributed by atoms with Crippen molar-refractivity contribution in [3.63, 3.8) is 0 Å². The predicted octanol–water partition coefficient (Wildman–Crippen LogP) is 1.32. The summed E-state index contributed by atoms with van der Waals surface area (Å²) < 4.78 is 2.07. The Hall–Kier alpha value is -3.16. The van der Waals surface area contributed by atoms with Gasteiger partial charge in [-0.15, -0.1) is 0 Å². The Morgan fingerprint density at radius 3 is 2.92 bits per heavy atom. The summed E-state index contributed by atoms with van der Waals surface area (Å²) in [4.78, 5) is 28.8. The SMILES string of the molecule is Cc1cccc2nc(CNc3cc(N4CCN(C)C(=O)C4)ncn3)cn12. The van der Waals surface area contributed by atoms with E-state index in [0.717, 1.165) is 35.2 Å². The van der Waals surface area contributed by atoms with Crippen molar-refractivity contribution in [3.05, 3.63) is 48.2 Å². The van der Waals surface area contributed by atoms with E-state index in [-0.39, 0.29) is 5.91 Å². The number of carbonyl (C=O) groups is 1. The average molecular weight is 351 g/mol. The number of anilines is 2. The Balaban J connectivity index is 1.46. The number of imidazole rings is 1. The topological polar surface area (TPSA) is 78.7 Å². The first-order chi connectivity index (χ1) is 12.6. The van der Waals surface area contributed by atoms with E-state index < -0.39 is 0 Å². The van der Waals surface area contributed by atoms with E-state index in [1.54, 1.807) is 4.90 Å². The molecule has 26 heavy (non-hydrogen) atoms. The third-order valence-corrected chi connectivity index (χ3v) is 4.63. The first kappa shape index (κ1) is 16.3. The fraction of sp³-hybridized carbons (Fsp3) is 0.333. The van der Waals surface area contributed by atoms with Crippen LogP contribution in [0.5, 0.6) is 0 Å². The molecule has 134 valence electrons. The number of amides is 1. The molecule has 1 amide bonds. The summed E-state index contributed by atoms with van der Waals surface area (Å²) >= 11 is 0. The molecule has 0 atom stereocenters. The second kappa shape index (κ2) is 6.62. The fourth-order valence-electron chi connectivity index (χ4n) is 3.04. The Morgan fingerprint density at radius 1 is 1.23 bits per heavy atom. The molecule has 0 aromatic carbocycles. The van der Waals surface area contributed by atoms with E-state index in [1.165, 1.54) is 6.33 Å². The molecule has 3 aromatic heterocycles. The molecule has 0 spiro atoms. The van der Waals surface area contributed by atoms with E-state index in [9.17, 15) is 4.79 Å². The number of fused-ring (bicyclic) bond motifs is 1. The van der Waals surface area contributed by atoms with E-state index >= 15 is 0 Å². The minimum atomic E-state index is 0.101. The standard InChI is InChI=1S/C18H21N7O/c1-13-4-3-5-16-22-14(10-25(13)16)9-19-15-8-17(21-12-20-15)24-7-6-23(2)18(26)11-24/h3-5,8,10,12H,6-7,9,11H2,1-2H3,(H,19,20,21). The van der Waals surface area contributed by atoms with Crippen LogP contribution in [0.3, 0.4) is 0 Å². The quantitative estimate of drug-likeness (QED) is 0.764. The monoisotopic (exact) mass is 351 g/mol. The molecule has 8 heteroatoms. The van der Waals surface area contributed by atoms with E-state index in [1.807, 2.05) is 36.3 Å². The van der Waals surface area contributed by atoms with Crippen molar-refractivity contribution < 1.29 is 4.79 Å². The van der Waals surface area contributed by atoms with Gasteiger partial charge in [-0.1, -0.05) is 6.07 Å². The van der Waals surface area contributed by atoms with Crippen LogP contribution in [0.25, 0.3) is 5.65 Å². The summed E-state index contributed by atoms with van der Waals surface area (Å²) in [5.41, 5.74) is 3.01. The highest BCUT2D eigenvalue weighted by Crippen LogP contribution is 2.17. The summed E-state index contributed by atoms with van der Waals surface area (Å²) in [7, 11) is 1.82. The minimum Gasteiger partial charge on any atom is -0.364 e. The Bertz CT molecular complexity index is 952. The average Bonchev–Trinajstić information content (AvgIpc) is 3.07. The molecular formula is C18H21N7O. The first-order valence-corrected chi connectivity index (χ1v) is 8.58. The first-order valence-electron chi connectivity index (χ1n) is 8.58. The lowest BCUT2D eigenvalue weighted by atomic mass is 10.3. The lowest BCUT2D eigenvalue weighted by Gasteiger charge is -2.32. The van der Waals surface area contributed by atoms with Crippen LogP contribution in [0.1, 0.15) is 11.4 Å². The van der Waals surface area contributed by atoms with Gasteiger partial charge < -0.3 is 19.5 Å². The van der Waals surface area contributed by atoms with Gasteiger partial charge >= 0.3 is 0 Å². The molecule has 1 N–H and O–H groups in total. The maximum atomic E-state index is 11.9. The van der Waals surface area contributed by atoms with Crippen LogP contribution in [0.2, 0.25) is 0 Å². The molecule has 1 aliphatic rings. The zero-order valence-corrected chi connectivity index (χ0v) is 14.9. The number of nitrogens with zero attached hydrogens (tertiary/aromatic N) is 6. The number of aromatic nitrogens is 4. The van der Waals surface area contributed by atoms with E-state index in [0.29, 0.717) is 19.6 Å². The van der Waals surface area contributed by atoms with Crippen LogP contribution >= 0.6 is 0 Å². The van der Waals surface area contributed by atoms with E-state index in [4.69, 9.17) is 0 Å². The number of carbonyl (C=O) groups excluding carboxylic acids is 1.